The maximum absolute atomic E-state index is 12.1. The van der Waals surface area contributed by atoms with Crippen molar-refractivity contribution in [3.63, 3.8) is 0 Å². The van der Waals surface area contributed by atoms with Crippen molar-refractivity contribution in [1.29, 1.82) is 0 Å². The second-order valence-electron chi connectivity index (χ2n) is 4.63. The summed E-state index contributed by atoms with van der Waals surface area (Å²) < 4.78 is 5.33. The van der Waals surface area contributed by atoms with Crippen molar-refractivity contribution >= 4 is 5.91 Å². The number of hydrogen-bond acceptors (Lipinski definition) is 3. The summed E-state index contributed by atoms with van der Waals surface area (Å²) in [6.45, 7) is 3.59. The van der Waals surface area contributed by atoms with E-state index in [0.717, 1.165) is 25.9 Å². The lowest BCUT2D eigenvalue weighted by atomic mass is 10.2. The number of amides is 1. The Balaban J connectivity index is 1.81. The van der Waals surface area contributed by atoms with Crippen LogP contribution < -0.4 is 5.32 Å². The van der Waals surface area contributed by atoms with Crippen LogP contribution >= 0.6 is 0 Å². The summed E-state index contributed by atoms with van der Waals surface area (Å²) in [4.78, 5) is 14.1. The second kappa shape index (κ2) is 2.70. The van der Waals surface area contributed by atoms with Crippen LogP contribution in [0.15, 0.2) is 0 Å². The van der Waals surface area contributed by atoms with E-state index < -0.39 is 0 Å². The molecule has 2 aliphatic heterocycles. The van der Waals surface area contributed by atoms with E-state index in [-0.39, 0.29) is 11.7 Å². The molecule has 1 aliphatic carbocycles. The highest BCUT2D eigenvalue weighted by atomic mass is 16.5. The molecule has 1 spiro atoms. The van der Waals surface area contributed by atoms with Crippen molar-refractivity contribution in [2.75, 3.05) is 13.2 Å². The van der Waals surface area contributed by atoms with Gasteiger partial charge in [0.25, 0.3) is 0 Å². The third-order valence-electron chi connectivity index (χ3n) is 3.60. The molecular weight excluding hydrogens is 180 g/mol. The van der Waals surface area contributed by atoms with Gasteiger partial charge in [-0.15, -0.1) is 0 Å². The molecule has 78 valence electrons. The van der Waals surface area contributed by atoms with Crippen molar-refractivity contribution in [2.24, 2.45) is 0 Å². The Morgan fingerprint density at radius 3 is 2.86 bits per heavy atom. The Bertz CT molecular complexity index is 269. The smallest absolute Gasteiger partial charge is 0.244 e. The van der Waals surface area contributed by atoms with Gasteiger partial charge in [-0.1, -0.05) is 0 Å². The fourth-order valence-electron chi connectivity index (χ4n) is 2.66. The molecule has 2 saturated heterocycles. The van der Waals surface area contributed by atoms with Crippen molar-refractivity contribution < 1.29 is 9.53 Å². The minimum absolute atomic E-state index is 0.165. The fraction of sp³-hybridized carbons (Fsp3) is 0.900. The Kier molecular flexibility index (Phi) is 1.67. The summed E-state index contributed by atoms with van der Waals surface area (Å²) in [6.07, 6.45) is 3.21. The van der Waals surface area contributed by atoms with Gasteiger partial charge in [-0.05, 0) is 26.2 Å². The van der Waals surface area contributed by atoms with Crippen LogP contribution in [0, 0.1) is 0 Å². The Hall–Kier alpha value is -0.610. The molecule has 14 heavy (non-hydrogen) atoms. The first-order valence-corrected chi connectivity index (χ1v) is 5.41. The van der Waals surface area contributed by atoms with E-state index in [0.29, 0.717) is 18.6 Å². The standard InChI is InChI=1S/C10H16N2O2/c1-7-11-10(3-4-10)9(13)12(7)8-2-5-14-6-8/h7-8,11H,2-6H2,1H3. The van der Waals surface area contributed by atoms with E-state index in [1.165, 1.54) is 0 Å². The minimum atomic E-state index is -0.165. The molecule has 0 aromatic rings. The summed E-state index contributed by atoms with van der Waals surface area (Å²) in [6, 6.07) is 0.310. The van der Waals surface area contributed by atoms with E-state index in [4.69, 9.17) is 4.74 Å². The zero-order valence-corrected chi connectivity index (χ0v) is 8.45. The molecule has 1 amide bonds. The van der Waals surface area contributed by atoms with E-state index >= 15 is 0 Å². The lowest BCUT2D eigenvalue weighted by molar-refractivity contribution is -0.132. The number of carbonyl (C=O) groups is 1. The van der Waals surface area contributed by atoms with Crippen molar-refractivity contribution in [2.45, 2.75) is 43.9 Å². The minimum Gasteiger partial charge on any atom is -0.379 e. The fourth-order valence-corrected chi connectivity index (χ4v) is 2.66. The van der Waals surface area contributed by atoms with Gasteiger partial charge in [-0.2, -0.15) is 0 Å². The number of nitrogens with zero attached hydrogens (tertiary/aromatic N) is 1. The zero-order chi connectivity index (χ0) is 9.76. The number of hydrogen-bond donors (Lipinski definition) is 1. The van der Waals surface area contributed by atoms with Gasteiger partial charge in [0.05, 0.1) is 24.4 Å². The number of ether oxygens (including phenoxy) is 1. The first kappa shape index (κ1) is 8.68. The largest absolute Gasteiger partial charge is 0.379 e. The van der Waals surface area contributed by atoms with E-state index in [2.05, 4.69) is 12.2 Å². The normalized spacial score (nSPS) is 39.8. The average molecular weight is 196 g/mol. The Morgan fingerprint density at radius 1 is 1.57 bits per heavy atom. The first-order valence-electron chi connectivity index (χ1n) is 5.41. The molecule has 1 saturated carbocycles. The predicted octanol–water partition coefficient (Wildman–Crippen LogP) is 0.0857. The Morgan fingerprint density at radius 2 is 2.36 bits per heavy atom. The Labute approximate surface area is 83.6 Å². The van der Waals surface area contributed by atoms with Crippen LogP contribution in [0.3, 0.4) is 0 Å². The van der Waals surface area contributed by atoms with E-state index in [9.17, 15) is 4.79 Å². The van der Waals surface area contributed by atoms with Gasteiger partial charge in [0.2, 0.25) is 5.91 Å². The highest BCUT2D eigenvalue weighted by Crippen LogP contribution is 2.43. The molecular formula is C10H16N2O2. The third-order valence-corrected chi connectivity index (χ3v) is 3.60. The topological polar surface area (TPSA) is 41.6 Å². The van der Waals surface area contributed by atoms with Crippen molar-refractivity contribution in [1.82, 2.24) is 10.2 Å². The highest BCUT2D eigenvalue weighted by molar-refractivity contribution is 5.92. The van der Waals surface area contributed by atoms with Gasteiger partial charge in [0.15, 0.2) is 0 Å². The van der Waals surface area contributed by atoms with Crippen LogP contribution in [-0.4, -0.2) is 41.8 Å². The van der Waals surface area contributed by atoms with Gasteiger partial charge < -0.3 is 9.64 Å². The molecule has 3 fully saturated rings. The monoisotopic (exact) mass is 196 g/mol. The third kappa shape index (κ3) is 1.04. The molecule has 4 nitrogen and oxygen atoms in total. The molecule has 3 aliphatic rings. The van der Waals surface area contributed by atoms with Crippen LogP contribution in [0.2, 0.25) is 0 Å². The predicted molar refractivity (Wildman–Crippen MR) is 50.6 cm³/mol. The first-order chi connectivity index (χ1) is 6.73. The highest BCUT2D eigenvalue weighted by Gasteiger charge is 2.59. The molecule has 0 aromatic heterocycles. The summed E-state index contributed by atoms with van der Waals surface area (Å²) in [7, 11) is 0. The number of carbonyl (C=O) groups excluding carboxylic acids is 1. The molecule has 0 bridgehead atoms. The summed E-state index contributed by atoms with van der Waals surface area (Å²) in [5.41, 5.74) is -0.165. The quantitative estimate of drug-likeness (QED) is 0.646. The molecule has 4 heteroatoms. The molecule has 2 heterocycles. The molecule has 0 radical (unpaired) electrons. The number of rotatable bonds is 1. The lowest BCUT2D eigenvalue weighted by Gasteiger charge is -2.26. The van der Waals surface area contributed by atoms with Crippen LogP contribution in [-0.2, 0) is 9.53 Å². The number of nitrogens with one attached hydrogen (secondary N) is 1. The van der Waals surface area contributed by atoms with Crippen LogP contribution in [0.5, 0.6) is 0 Å². The van der Waals surface area contributed by atoms with Gasteiger partial charge in [-0.3, -0.25) is 10.1 Å². The van der Waals surface area contributed by atoms with Gasteiger partial charge in [0, 0.05) is 6.61 Å². The second-order valence-corrected chi connectivity index (χ2v) is 4.63. The van der Waals surface area contributed by atoms with E-state index in [1.807, 2.05) is 4.90 Å². The lowest BCUT2D eigenvalue weighted by Crippen LogP contribution is -2.43. The summed E-state index contributed by atoms with van der Waals surface area (Å²) in [5.74, 6) is 0.306. The van der Waals surface area contributed by atoms with Crippen LogP contribution in [0.25, 0.3) is 0 Å². The van der Waals surface area contributed by atoms with Gasteiger partial charge in [-0.25, -0.2) is 0 Å². The van der Waals surface area contributed by atoms with E-state index in [1.54, 1.807) is 0 Å². The van der Waals surface area contributed by atoms with Gasteiger partial charge >= 0.3 is 0 Å². The maximum atomic E-state index is 12.1. The summed E-state index contributed by atoms with van der Waals surface area (Å²) >= 11 is 0. The molecule has 2 unspecified atom stereocenters. The van der Waals surface area contributed by atoms with Crippen LogP contribution in [0.1, 0.15) is 26.2 Å². The maximum Gasteiger partial charge on any atom is 0.244 e. The molecule has 0 aromatic carbocycles. The van der Waals surface area contributed by atoms with Crippen molar-refractivity contribution in [3.8, 4) is 0 Å². The average Bonchev–Trinajstić information content (AvgIpc) is 2.65. The molecule has 2 atom stereocenters. The van der Waals surface area contributed by atoms with Crippen molar-refractivity contribution in [3.05, 3.63) is 0 Å². The zero-order valence-electron chi connectivity index (χ0n) is 8.45. The molecule has 3 rings (SSSR count). The van der Waals surface area contributed by atoms with Gasteiger partial charge in [0.1, 0.15) is 0 Å². The SMILES string of the molecule is CC1NC2(CC2)C(=O)N1C1CCOC1. The molecule has 1 N–H and O–H groups in total. The van der Waals surface area contributed by atoms with Crippen LogP contribution in [0.4, 0.5) is 0 Å². The summed E-state index contributed by atoms with van der Waals surface area (Å²) in [5, 5.41) is 3.40.